The van der Waals surface area contributed by atoms with E-state index in [0.717, 1.165) is 6.54 Å². The number of rotatable bonds is 8. The second-order valence-electron chi connectivity index (χ2n) is 6.43. The van der Waals surface area contributed by atoms with Crippen molar-refractivity contribution in [3.8, 4) is 0 Å². The topological polar surface area (TPSA) is 29.1 Å². The summed E-state index contributed by atoms with van der Waals surface area (Å²) in [6.45, 7) is 13.8. The van der Waals surface area contributed by atoms with Crippen LogP contribution < -0.4 is 5.32 Å². The summed E-state index contributed by atoms with van der Waals surface area (Å²) in [4.78, 5) is 0. The standard InChI is InChI=1S/C18H31NOS/c1-7-19-17(16-11-9-8-10-12-16)18(14(4)5)21(20)15(6)13(2)3/h8-15,17-19H,7H2,1-6H3. The Hall–Kier alpha value is -0.670. The Labute approximate surface area is 133 Å². The molecule has 0 aliphatic rings. The van der Waals surface area contributed by atoms with E-state index in [9.17, 15) is 4.21 Å². The lowest BCUT2D eigenvalue weighted by molar-refractivity contribution is 0.437. The van der Waals surface area contributed by atoms with E-state index in [0.29, 0.717) is 11.8 Å². The monoisotopic (exact) mass is 309 g/mol. The molecule has 21 heavy (non-hydrogen) atoms. The van der Waals surface area contributed by atoms with Crippen molar-refractivity contribution in [2.24, 2.45) is 11.8 Å². The Morgan fingerprint density at radius 1 is 1.00 bits per heavy atom. The van der Waals surface area contributed by atoms with Crippen LogP contribution in [0.1, 0.15) is 53.1 Å². The van der Waals surface area contributed by atoms with E-state index in [1.165, 1.54) is 5.56 Å². The minimum Gasteiger partial charge on any atom is -0.309 e. The van der Waals surface area contributed by atoms with Crippen LogP contribution in [0.5, 0.6) is 0 Å². The second-order valence-corrected chi connectivity index (χ2v) is 8.38. The first-order valence-electron chi connectivity index (χ1n) is 8.07. The first-order chi connectivity index (χ1) is 9.90. The van der Waals surface area contributed by atoms with Crippen LogP contribution in [-0.4, -0.2) is 21.3 Å². The largest absolute Gasteiger partial charge is 0.309 e. The molecule has 0 aliphatic heterocycles. The predicted molar refractivity (Wildman–Crippen MR) is 93.9 cm³/mol. The summed E-state index contributed by atoms with van der Waals surface area (Å²) in [5.41, 5.74) is 1.24. The van der Waals surface area contributed by atoms with E-state index in [4.69, 9.17) is 0 Å². The zero-order valence-corrected chi connectivity index (χ0v) is 15.1. The van der Waals surface area contributed by atoms with Gasteiger partial charge in [0.1, 0.15) is 0 Å². The predicted octanol–water partition coefficient (Wildman–Crippen LogP) is 4.16. The summed E-state index contributed by atoms with van der Waals surface area (Å²) in [5.74, 6) is 0.807. The van der Waals surface area contributed by atoms with E-state index < -0.39 is 10.8 Å². The molecular weight excluding hydrogens is 278 g/mol. The summed E-state index contributed by atoms with van der Waals surface area (Å²) in [6, 6.07) is 10.6. The van der Waals surface area contributed by atoms with E-state index in [-0.39, 0.29) is 16.5 Å². The summed E-state index contributed by atoms with van der Waals surface area (Å²) in [6.07, 6.45) is 0. The quantitative estimate of drug-likeness (QED) is 0.781. The molecule has 0 saturated carbocycles. The van der Waals surface area contributed by atoms with E-state index in [2.05, 4.69) is 71.1 Å². The molecule has 0 radical (unpaired) electrons. The van der Waals surface area contributed by atoms with Gasteiger partial charge >= 0.3 is 0 Å². The smallest absolute Gasteiger partial charge is 0.0568 e. The Bertz CT molecular complexity index is 430. The van der Waals surface area contributed by atoms with Crippen LogP contribution in [0.25, 0.3) is 0 Å². The van der Waals surface area contributed by atoms with Crippen molar-refractivity contribution in [1.82, 2.24) is 5.32 Å². The van der Waals surface area contributed by atoms with Gasteiger partial charge in [0.05, 0.1) is 5.25 Å². The lowest BCUT2D eigenvalue weighted by Crippen LogP contribution is -2.42. The number of nitrogens with one attached hydrogen (secondary N) is 1. The molecule has 0 aliphatic carbocycles. The van der Waals surface area contributed by atoms with Crippen LogP contribution >= 0.6 is 0 Å². The number of hydrogen-bond donors (Lipinski definition) is 1. The highest BCUT2D eigenvalue weighted by molar-refractivity contribution is 7.86. The van der Waals surface area contributed by atoms with Crippen molar-refractivity contribution in [2.45, 2.75) is 58.1 Å². The van der Waals surface area contributed by atoms with Gasteiger partial charge in [0.2, 0.25) is 0 Å². The van der Waals surface area contributed by atoms with Gasteiger partial charge in [-0.2, -0.15) is 0 Å². The fraction of sp³-hybridized carbons (Fsp3) is 0.667. The van der Waals surface area contributed by atoms with E-state index in [1.807, 2.05) is 6.07 Å². The van der Waals surface area contributed by atoms with Crippen molar-refractivity contribution < 1.29 is 4.21 Å². The minimum atomic E-state index is -0.857. The zero-order chi connectivity index (χ0) is 16.0. The van der Waals surface area contributed by atoms with E-state index >= 15 is 0 Å². The highest BCUT2D eigenvalue weighted by Crippen LogP contribution is 2.29. The van der Waals surface area contributed by atoms with Crippen molar-refractivity contribution in [1.29, 1.82) is 0 Å². The van der Waals surface area contributed by atoms with Crippen LogP contribution in [0.15, 0.2) is 30.3 Å². The second kappa shape index (κ2) is 8.70. The van der Waals surface area contributed by atoms with Gasteiger partial charge in [-0.3, -0.25) is 4.21 Å². The van der Waals surface area contributed by atoms with Crippen LogP contribution in [0, 0.1) is 11.8 Å². The van der Waals surface area contributed by atoms with Crippen molar-refractivity contribution in [2.75, 3.05) is 6.54 Å². The lowest BCUT2D eigenvalue weighted by Gasteiger charge is -2.33. The lowest BCUT2D eigenvalue weighted by atomic mass is 9.96. The molecule has 0 saturated heterocycles. The summed E-state index contributed by atoms with van der Waals surface area (Å²) in [7, 11) is -0.857. The van der Waals surface area contributed by atoms with Crippen molar-refractivity contribution in [3.63, 3.8) is 0 Å². The Morgan fingerprint density at radius 3 is 2.00 bits per heavy atom. The molecule has 0 spiro atoms. The summed E-state index contributed by atoms with van der Waals surface area (Å²) >= 11 is 0. The molecule has 2 nitrogen and oxygen atoms in total. The average Bonchev–Trinajstić information content (AvgIpc) is 2.46. The minimum absolute atomic E-state index is 0.129. The maximum absolute atomic E-state index is 13.1. The van der Waals surface area contributed by atoms with Gasteiger partial charge in [-0.25, -0.2) is 0 Å². The van der Waals surface area contributed by atoms with Gasteiger partial charge < -0.3 is 5.32 Å². The van der Waals surface area contributed by atoms with Gasteiger partial charge in [0.25, 0.3) is 0 Å². The molecule has 0 heterocycles. The molecule has 0 bridgehead atoms. The molecule has 0 fully saturated rings. The van der Waals surface area contributed by atoms with Gasteiger partial charge in [0.15, 0.2) is 0 Å². The Kier molecular flexibility index (Phi) is 7.61. The number of hydrogen-bond acceptors (Lipinski definition) is 2. The highest BCUT2D eigenvalue weighted by atomic mass is 32.2. The molecule has 120 valence electrons. The molecule has 0 aromatic heterocycles. The molecule has 3 heteroatoms. The first-order valence-corrected chi connectivity index (χ1v) is 9.35. The molecular formula is C18H31NOS. The normalized spacial score (nSPS) is 17.7. The van der Waals surface area contributed by atoms with Crippen LogP contribution in [0.4, 0.5) is 0 Å². The Morgan fingerprint density at radius 2 is 1.57 bits per heavy atom. The zero-order valence-electron chi connectivity index (χ0n) is 14.3. The van der Waals surface area contributed by atoms with Crippen molar-refractivity contribution >= 4 is 10.8 Å². The summed E-state index contributed by atoms with van der Waals surface area (Å²) in [5, 5.41) is 3.90. The first kappa shape index (κ1) is 18.4. The van der Waals surface area contributed by atoms with Gasteiger partial charge in [-0.05, 0) is 23.9 Å². The van der Waals surface area contributed by atoms with Crippen molar-refractivity contribution in [3.05, 3.63) is 35.9 Å². The van der Waals surface area contributed by atoms with Gasteiger partial charge in [0, 0.05) is 22.1 Å². The van der Waals surface area contributed by atoms with Crippen LogP contribution in [0.3, 0.4) is 0 Å². The molecule has 0 amide bonds. The van der Waals surface area contributed by atoms with E-state index in [1.54, 1.807) is 0 Å². The fourth-order valence-electron chi connectivity index (χ4n) is 2.61. The summed E-state index contributed by atoms with van der Waals surface area (Å²) < 4.78 is 13.1. The van der Waals surface area contributed by atoms with Gasteiger partial charge in [-0.15, -0.1) is 0 Å². The van der Waals surface area contributed by atoms with Crippen LogP contribution in [-0.2, 0) is 10.8 Å². The SMILES string of the molecule is CCNC(c1ccccc1)C(C(C)C)S(=O)C(C)C(C)C. The van der Waals surface area contributed by atoms with Crippen LogP contribution in [0.2, 0.25) is 0 Å². The molecule has 1 N–H and O–H groups in total. The maximum atomic E-state index is 13.1. The third-order valence-electron chi connectivity index (χ3n) is 4.14. The number of benzene rings is 1. The highest BCUT2D eigenvalue weighted by Gasteiger charge is 2.33. The molecule has 1 aromatic rings. The third kappa shape index (κ3) is 4.93. The molecule has 1 aromatic carbocycles. The average molecular weight is 310 g/mol. The molecule has 1 rings (SSSR count). The maximum Gasteiger partial charge on any atom is 0.0568 e. The molecule has 4 atom stereocenters. The third-order valence-corrected chi connectivity index (χ3v) is 6.77. The fourth-order valence-corrected chi connectivity index (χ4v) is 4.70. The Balaban J connectivity index is 3.13. The van der Waals surface area contributed by atoms with Gasteiger partial charge in [-0.1, -0.05) is 71.9 Å². The molecule has 4 unspecified atom stereocenters.